The molecule has 0 aromatic heterocycles. The van der Waals surface area contributed by atoms with Gasteiger partial charge in [-0.15, -0.1) is 29.3 Å². The maximum Gasteiger partial charge on any atom is 0.399 e. The van der Waals surface area contributed by atoms with Gasteiger partial charge in [0.1, 0.15) is 0 Å². The summed E-state index contributed by atoms with van der Waals surface area (Å²) in [6, 6.07) is 5.17. The molecule has 0 saturated carbocycles. The van der Waals surface area contributed by atoms with Crippen LogP contribution in [0.4, 0.5) is 13.2 Å². The fraction of sp³-hybridized carbons (Fsp3) is 0.417. The number of hydrogen-bond acceptors (Lipinski definition) is 2. The second-order valence-electron chi connectivity index (χ2n) is 4.11. The van der Waals surface area contributed by atoms with Crippen molar-refractivity contribution in [2.24, 2.45) is 4.99 Å². The van der Waals surface area contributed by atoms with Crippen LogP contribution in [0.25, 0.3) is 0 Å². The molecule has 0 amide bonds. The average molecular weight is 433 g/mol. The van der Waals surface area contributed by atoms with Crippen molar-refractivity contribution >= 4 is 5.84 Å². The van der Waals surface area contributed by atoms with E-state index in [-0.39, 0.29) is 20.1 Å². The summed E-state index contributed by atoms with van der Waals surface area (Å²) in [5, 5.41) is 0. The van der Waals surface area contributed by atoms with Crippen molar-refractivity contribution in [1.82, 2.24) is 4.90 Å². The van der Waals surface area contributed by atoms with E-state index in [1.165, 1.54) is 0 Å². The molecule has 2 rings (SSSR count). The Morgan fingerprint density at radius 2 is 2.00 bits per heavy atom. The van der Waals surface area contributed by atoms with Crippen LogP contribution in [-0.2, 0) is 26.3 Å². The van der Waals surface area contributed by atoms with E-state index in [1.54, 1.807) is 13.0 Å². The number of aryl methyl sites for hydroxylation is 1. The van der Waals surface area contributed by atoms with Gasteiger partial charge < -0.3 is 9.89 Å². The zero-order valence-corrected chi connectivity index (χ0v) is 12.3. The standard InChI is InChI=1S/C12H12F3N2.Ir/c1-8-5-9(11-16-3-4-17(11)2)7-10(6-8)12(13,14)15;/h5-6H,3-4H2,1-2H3;/q-1;. The van der Waals surface area contributed by atoms with Gasteiger partial charge in [0.05, 0.1) is 0 Å². The third kappa shape index (κ3) is 3.12. The van der Waals surface area contributed by atoms with Crippen molar-refractivity contribution in [2.75, 3.05) is 20.1 Å². The van der Waals surface area contributed by atoms with E-state index < -0.39 is 11.7 Å². The molecule has 0 aliphatic carbocycles. The fourth-order valence-corrected chi connectivity index (χ4v) is 1.81. The number of benzene rings is 1. The molecule has 1 heterocycles. The van der Waals surface area contributed by atoms with E-state index in [1.807, 2.05) is 11.9 Å². The van der Waals surface area contributed by atoms with E-state index in [9.17, 15) is 13.2 Å². The zero-order chi connectivity index (χ0) is 12.6. The minimum atomic E-state index is -4.36. The first-order valence-electron chi connectivity index (χ1n) is 5.25. The van der Waals surface area contributed by atoms with Crippen LogP contribution in [0.5, 0.6) is 0 Å². The Bertz CT molecular complexity index is 469. The first kappa shape index (κ1) is 15.2. The van der Waals surface area contributed by atoms with Gasteiger partial charge in [-0.3, -0.25) is 0 Å². The number of halogens is 3. The van der Waals surface area contributed by atoms with Crippen LogP contribution < -0.4 is 0 Å². The van der Waals surface area contributed by atoms with Gasteiger partial charge >= 0.3 is 6.18 Å². The molecule has 0 spiro atoms. The Hall–Kier alpha value is -0.871. The summed E-state index contributed by atoms with van der Waals surface area (Å²) in [4.78, 5) is 6.03. The zero-order valence-electron chi connectivity index (χ0n) is 9.93. The van der Waals surface area contributed by atoms with Gasteiger partial charge in [0.25, 0.3) is 0 Å². The number of hydrogen-bond donors (Lipinski definition) is 0. The maximum absolute atomic E-state index is 12.6. The molecule has 0 bridgehead atoms. The molecule has 101 valence electrons. The van der Waals surface area contributed by atoms with Crippen LogP contribution in [0.3, 0.4) is 0 Å². The summed E-state index contributed by atoms with van der Waals surface area (Å²) in [5.74, 6) is 0.583. The molecular formula is C12H12F3IrN2-. The first-order valence-corrected chi connectivity index (χ1v) is 5.25. The molecule has 0 fully saturated rings. The van der Waals surface area contributed by atoms with E-state index >= 15 is 0 Å². The van der Waals surface area contributed by atoms with E-state index in [4.69, 9.17) is 0 Å². The molecule has 0 atom stereocenters. The summed E-state index contributed by atoms with van der Waals surface area (Å²) in [6.45, 7) is 3.00. The predicted octanol–water partition coefficient (Wildman–Crippen LogP) is 2.50. The van der Waals surface area contributed by atoms with Crippen molar-refractivity contribution in [3.8, 4) is 0 Å². The number of alkyl halides is 3. The molecular weight excluding hydrogens is 421 g/mol. The molecule has 0 saturated heterocycles. The second kappa shape index (κ2) is 5.41. The normalized spacial score (nSPS) is 15.4. The molecule has 6 heteroatoms. The SMILES string of the molecule is Cc1cc(C2=NCCN2C)[c-]c(C(F)(F)F)c1.[Ir]. The summed E-state index contributed by atoms with van der Waals surface area (Å²) in [6.07, 6.45) is -4.36. The molecule has 1 aromatic carbocycles. The monoisotopic (exact) mass is 434 g/mol. The van der Waals surface area contributed by atoms with E-state index in [0.29, 0.717) is 23.5 Å². The van der Waals surface area contributed by atoms with Gasteiger partial charge in [-0.1, -0.05) is 6.92 Å². The molecule has 1 aromatic rings. The topological polar surface area (TPSA) is 15.6 Å². The van der Waals surface area contributed by atoms with Crippen LogP contribution in [0, 0.1) is 13.0 Å². The number of rotatable bonds is 1. The number of aliphatic imine (C=N–C) groups is 1. The fourth-order valence-electron chi connectivity index (χ4n) is 1.81. The predicted molar refractivity (Wildman–Crippen MR) is 59.1 cm³/mol. The number of amidine groups is 1. The van der Waals surface area contributed by atoms with Crippen molar-refractivity contribution in [2.45, 2.75) is 13.1 Å². The van der Waals surface area contributed by atoms with Crippen molar-refractivity contribution in [3.63, 3.8) is 0 Å². The largest absolute Gasteiger partial charge is 0.399 e. The number of nitrogens with zero attached hydrogens (tertiary/aromatic N) is 2. The summed E-state index contributed by atoms with van der Waals surface area (Å²) in [5.41, 5.74) is 0.238. The van der Waals surface area contributed by atoms with Gasteiger partial charge in [-0.25, -0.2) is 0 Å². The Morgan fingerprint density at radius 1 is 1.33 bits per heavy atom. The van der Waals surface area contributed by atoms with Crippen molar-refractivity contribution < 1.29 is 33.3 Å². The van der Waals surface area contributed by atoms with Gasteiger partial charge in [-0.05, 0) is 12.6 Å². The minimum Gasteiger partial charge on any atom is -0.397 e. The Morgan fingerprint density at radius 3 is 2.50 bits per heavy atom. The maximum atomic E-state index is 12.6. The molecule has 1 aliphatic heterocycles. The number of likely N-dealkylation sites (N-methyl/N-ethyl adjacent to an activating group) is 1. The van der Waals surface area contributed by atoms with E-state index in [0.717, 1.165) is 12.6 Å². The summed E-state index contributed by atoms with van der Waals surface area (Å²) < 4.78 is 37.9. The van der Waals surface area contributed by atoms with Crippen LogP contribution in [0.2, 0.25) is 0 Å². The molecule has 1 aliphatic rings. The van der Waals surface area contributed by atoms with Crippen LogP contribution in [-0.4, -0.2) is 30.9 Å². The third-order valence-electron chi connectivity index (χ3n) is 2.62. The quantitative estimate of drug-likeness (QED) is 0.622. The first-order chi connectivity index (χ1) is 7.88. The average Bonchev–Trinajstić information content (AvgIpc) is 2.62. The van der Waals surface area contributed by atoms with Crippen molar-refractivity contribution in [1.29, 1.82) is 0 Å². The van der Waals surface area contributed by atoms with Crippen LogP contribution in [0.15, 0.2) is 17.1 Å². The van der Waals surface area contributed by atoms with Gasteiger partial charge in [0.2, 0.25) is 0 Å². The Kier molecular flexibility index (Phi) is 4.56. The smallest absolute Gasteiger partial charge is 0.397 e. The van der Waals surface area contributed by atoms with Gasteiger partial charge in [-0.2, -0.15) is 13.2 Å². The molecule has 2 nitrogen and oxygen atoms in total. The summed E-state index contributed by atoms with van der Waals surface area (Å²) in [7, 11) is 1.81. The molecule has 0 unspecified atom stereocenters. The summed E-state index contributed by atoms with van der Waals surface area (Å²) >= 11 is 0. The van der Waals surface area contributed by atoms with Gasteiger partial charge in [0, 0.05) is 39.0 Å². The van der Waals surface area contributed by atoms with Crippen LogP contribution >= 0.6 is 0 Å². The van der Waals surface area contributed by atoms with Crippen LogP contribution in [0.1, 0.15) is 16.7 Å². The third-order valence-corrected chi connectivity index (χ3v) is 2.62. The second-order valence-corrected chi connectivity index (χ2v) is 4.11. The molecule has 0 N–H and O–H groups in total. The minimum absolute atomic E-state index is 0. The van der Waals surface area contributed by atoms with Crippen molar-refractivity contribution in [3.05, 3.63) is 34.9 Å². The molecule has 1 radical (unpaired) electrons. The Labute approximate surface area is 117 Å². The Balaban J connectivity index is 0.00000162. The van der Waals surface area contributed by atoms with E-state index in [2.05, 4.69) is 11.1 Å². The molecule has 18 heavy (non-hydrogen) atoms. The van der Waals surface area contributed by atoms with Gasteiger partial charge in [0.15, 0.2) is 0 Å².